The molecule has 4 rings (SSSR count). The highest BCUT2D eigenvalue weighted by atomic mass is 16.6. The Labute approximate surface area is 187 Å². The zero-order chi connectivity index (χ0) is 22.2. The predicted molar refractivity (Wildman–Crippen MR) is 119 cm³/mol. The summed E-state index contributed by atoms with van der Waals surface area (Å²) in [6, 6.07) is 13.2. The van der Waals surface area contributed by atoms with Crippen LogP contribution in [0.5, 0.6) is 11.5 Å². The second kappa shape index (κ2) is 10.8. The van der Waals surface area contributed by atoms with E-state index >= 15 is 0 Å². The molecular weight excluding hydrogens is 408 g/mol. The topological polar surface area (TPSA) is 80.9 Å². The molecule has 0 N–H and O–H groups in total. The molecule has 1 saturated heterocycles. The summed E-state index contributed by atoms with van der Waals surface area (Å²) in [5.74, 6) is 2.26. The van der Waals surface area contributed by atoms with Gasteiger partial charge in [0.15, 0.2) is 0 Å². The normalized spacial score (nSPS) is 14.3. The lowest BCUT2D eigenvalue weighted by molar-refractivity contribution is 0.110. The number of benzene rings is 1. The zero-order valence-electron chi connectivity index (χ0n) is 18.3. The number of amides is 1. The highest BCUT2D eigenvalue weighted by molar-refractivity contribution is 5.70. The molecule has 0 unspecified atom stereocenters. The van der Waals surface area contributed by atoms with Crippen molar-refractivity contribution in [3.8, 4) is 11.5 Å². The van der Waals surface area contributed by atoms with Gasteiger partial charge >= 0.3 is 6.09 Å². The van der Waals surface area contributed by atoms with Crippen LogP contribution in [0.3, 0.4) is 0 Å². The van der Waals surface area contributed by atoms with Gasteiger partial charge < -0.3 is 18.9 Å². The summed E-state index contributed by atoms with van der Waals surface area (Å²) in [5, 5.41) is 3.92. The van der Waals surface area contributed by atoms with Crippen LogP contribution in [0.1, 0.15) is 17.0 Å². The van der Waals surface area contributed by atoms with Crippen LogP contribution < -0.4 is 9.47 Å². The fourth-order valence-corrected chi connectivity index (χ4v) is 3.57. The molecule has 2 aromatic heterocycles. The molecule has 1 fully saturated rings. The Morgan fingerprint density at radius 1 is 1.00 bits per heavy atom. The van der Waals surface area contributed by atoms with E-state index in [1.165, 1.54) is 0 Å². The molecule has 8 nitrogen and oxygen atoms in total. The Hall–Kier alpha value is -3.39. The molecule has 32 heavy (non-hydrogen) atoms. The van der Waals surface area contributed by atoms with Crippen molar-refractivity contribution in [1.82, 2.24) is 19.9 Å². The van der Waals surface area contributed by atoms with E-state index in [0.717, 1.165) is 55.2 Å². The van der Waals surface area contributed by atoms with Gasteiger partial charge in [0.25, 0.3) is 0 Å². The summed E-state index contributed by atoms with van der Waals surface area (Å²) in [6.07, 6.45) is 4.71. The number of aryl methyl sites for hydroxylation is 1. The SMILES string of the molecule is Cc1cc(CCN2CCN(C(=O)Oc3ccc(CCOc4ccncc4)cc3)CC2)on1. The van der Waals surface area contributed by atoms with Crippen molar-refractivity contribution in [1.29, 1.82) is 0 Å². The molecule has 0 saturated carbocycles. The molecule has 8 heteroatoms. The molecule has 1 aliphatic rings. The Balaban J connectivity index is 1.16. The number of hydrogen-bond donors (Lipinski definition) is 0. The van der Waals surface area contributed by atoms with Gasteiger partial charge in [-0.2, -0.15) is 0 Å². The molecule has 0 bridgehead atoms. The molecule has 0 spiro atoms. The Morgan fingerprint density at radius 3 is 2.44 bits per heavy atom. The van der Waals surface area contributed by atoms with Crippen LogP contribution in [0.2, 0.25) is 0 Å². The number of carbonyl (C=O) groups excluding carboxylic acids is 1. The summed E-state index contributed by atoms with van der Waals surface area (Å²) >= 11 is 0. The predicted octanol–water partition coefficient (Wildman–Crippen LogP) is 3.36. The summed E-state index contributed by atoms with van der Waals surface area (Å²) in [4.78, 5) is 20.6. The third kappa shape index (κ3) is 6.31. The molecule has 168 valence electrons. The first-order chi connectivity index (χ1) is 15.7. The largest absolute Gasteiger partial charge is 0.493 e. The van der Waals surface area contributed by atoms with Crippen LogP contribution >= 0.6 is 0 Å². The van der Waals surface area contributed by atoms with Gasteiger partial charge in [-0.1, -0.05) is 17.3 Å². The first-order valence-corrected chi connectivity index (χ1v) is 10.9. The second-order valence-electron chi connectivity index (χ2n) is 7.81. The Kier molecular flexibility index (Phi) is 7.34. The van der Waals surface area contributed by atoms with Crippen molar-refractivity contribution in [3.63, 3.8) is 0 Å². The standard InChI is InChI=1S/C24H28N4O4/c1-19-18-23(32-26-19)8-12-27-13-15-28(16-14-27)24(29)31-22-4-2-20(3-5-22)9-17-30-21-6-10-25-11-7-21/h2-7,10-11,18H,8-9,12-17H2,1H3. The average molecular weight is 437 g/mol. The van der Waals surface area contributed by atoms with E-state index < -0.39 is 0 Å². The molecule has 1 amide bonds. The number of hydrogen-bond acceptors (Lipinski definition) is 7. The van der Waals surface area contributed by atoms with E-state index in [2.05, 4.69) is 15.0 Å². The van der Waals surface area contributed by atoms with E-state index in [9.17, 15) is 4.79 Å². The van der Waals surface area contributed by atoms with Gasteiger partial charge in [0.2, 0.25) is 0 Å². The van der Waals surface area contributed by atoms with Gasteiger partial charge in [-0.25, -0.2) is 4.79 Å². The van der Waals surface area contributed by atoms with Gasteiger partial charge in [-0.05, 0) is 36.8 Å². The van der Waals surface area contributed by atoms with Crippen LogP contribution in [-0.2, 0) is 12.8 Å². The number of aromatic nitrogens is 2. The highest BCUT2D eigenvalue weighted by Crippen LogP contribution is 2.16. The molecule has 0 aliphatic carbocycles. The van der Waals surface area contributed by atoms with Crippen molar-refractivity contribution in [2.45, 2.75) is 19.8 Å². The lowest BCUT2D eigenvalue weighted by Crippen LogP contribution is -2.49. The summed E-state index contributed by atoms with van der Waals surface area (Å²) in [6.45, 7) is 6.32. The third-order valence-corrected chi connectivity index (χ3v) is 5.42. The smallest absolute Gasteiger partial charge is 0.415 e. The molecule has 3 heterocycles. The van der Waals surface area contributed by atoms with E-state index in [1.54, 1.807) is 17.3 Å². The van der Waals surface area contributed by atoms with Crippen molar-refractivity contribution in [3.05, 3.63) is 71.9 Å². The van der Waals surface area contributed by atoms with Crippen LogP contribution in [0.15, 0.2) is 59.4 Å². The summed E-state index contributed by atoms with van der Waals surface area (Å²) < 4.78 is 16.5. The maximum Gasteiger partial charge on any atom is 0.415 e. The minimum Gasteiger partial charge on any atom is -0.493 e. The highest BCUT2D eigenvalue weighted by Gasteiger charge is 2.22. The van der Waals surface area contributed by atoms with E-state index in [-0.39, 0.29) is 6.09 Å². The van der Waals surface area contributed by atoms with Crippen molar-refractivity contribution in [2.75, 3.05) is 39.3 Å². The van der Waals surface area contributed by atoms with Crippen LogP contribution in [0.25, 0.3) is 0 Å². The monoisotopic (exact) mass is 436 g/mol. The Morgan fingerprint density at radius 2 is 1.75 bits per heavy atom. The minimum absolute atomic E-state index is 0.302. The fourth-order valence-electron chi connectivity index (χ4n) is 3.57. The van der Waals surface area contributed by atoms with Crippen LogP contribution in [0.4, 0.5) is 4.79 Å². The quantitative estimate of drug-likeness (QED) is 0.536. The van der Waals surface area contributed by atoms with Crippen LogP contribution in [-0.4, -0.2) is 65.4 Å². The lowest BCUT2D eigenvalue weighted by Gasteiger charge is -2.33. The minimum atomic E-state index is -0.302. The maximum atomic E-state index is 12.5. The molecular formula is C24H28N4O4. The van der Waals surface area contributed by atoms with Gasteiger partial charge in [0, 0.05) is 64.0 Å². The Bertz CT molecular complexity index is 983. The van der Waals surface area contributed by atoms with Gasteiger partial charge in [-0.15, -0.1) is 0 Å². The van der Waals surface area contributed by atoms with Crippen molar-refractivity contribution < 1.29 is 18.8 Å². The van der Waals surface area contributed by atoms with Gasteiger partial charge in [-0.3, -0.25) is 9.88 Å². The lowest BCUT2D eigenvalue weighted by atomic mass is 10.1. The maximum absolute atomic E-state index is 12.5. The summed E-state index contributed by atoms with van der Waals surface area (Å²) in [5.41, 5.74) is 2.02. The van der Waals surface area contributed by atoms with E-state index in [0.29, 0.717) is 25.4 Å². The number of carbonyl (C=O) groups is 1. The molecule has 0 radical (unpaired) electrons. The van der Waals surface area contributed by atoms with Crippen molar-refractivity contribution in [2.24, 2.45) is 0 Å². The molecule has 1 aromatic carbocycles. The third-order valence-electron chi connectivity index (χ3n) is 5.42. The van der Waals surface area contributed by atoms with Gasteiger partial charge in [0.05, 0.1) is 12.3 Å². The van der Waals surface area contributed by atoms with Gasteiger partial charge in [0.1, 0.15) is 17.3 Å². The number of ether oxygens (including phenoxy) is 2. The second-order valence-corrected chi connectivity index (χ2v) is 7.81. The molecule has 1 aliphatic heterocycles. The first kappa shape index (κ1) is 21.8. The molecule has 0 atom stereocenters. The fraction of sp³-hybridized carbons (Fsp3) is 0.375. The van der Waals surface area contributed by atoms with Crippen molar-refractivity contribution >= 4 is 6.09 Å². The van der Waals surface area contributed by atoms with E-state index in [4.69, 9.17) is 14.0 Å². The number of piperazine rings is 1. The zero-order valence-corrected chi connectivity index (χ0v) is 18.3. The number of nitrogens with zero attached hydrogens (tertiary/aromatic N) is 4. The number of rotatable bonds is 8. The first-order valence-electron chi connectivity index (χ1n) is 10.9. The van der Waals surface area contributed by atoms with E-state index in [1.807, 2.05) is 49.4 Å². The van der Waals surface area contributed by atoms with Crippen LogP contribution in [0, 0.1) is 6.92 Å². The average Bonchev–Trinajstić information content (AvgIpc) is 3.25. The molecule has 3 aromatic rings. The number of pyridine rings is 1. The summed E-state index contributed by atoms with van der Waals surface area (Å²) in [7, 11) is 0.